The molecular formula is C8H16N2O. The van der Waals surface area contributed by atoms with Crippen LogP contribution in [0.5, 0.6) is 0 Å². The zero-order valence-corrected chi connectivity index (χ0v) is 7.10. The predicted octanol–water partition coefficient (Wildman–Crippen LogP) is -0.319. The molecule has 2 fully saturated rings. The number of hydrogen-bond donors (Lipinski definition) is 1. The molecule has 1 atom stereocenters. The SMILES string of the molecule is CN1CCO[C@]2(CCNC2)C1. The summed E-state index contributed by atoms with van der Waals surface area (Å²) in [7, 11) is 2.17. The molecule has 0 bridgehead atoms. The molecule has 0 aliphatic carbocycles. The van der Waals surface area contributed by atoms with E-state index in [4.69, 9.17) is 4.74 Å². The smallest absolute Gasteiger partial charge is 0.0944 e. The maximum atomic E-state index is 5.79. The van der Waals surface area contributed by atoms with Crippen molar-refractivity contribution in [3.8, 4) is 0 Å². The molecule has 0 aromatic rings. The first-order valence-corrected chi connectivity index (χ1v) is 4.34. The highest BCUT2D eigenvalue weighted by atomic mass is 16.5. The fourth-order valence-corrected chi connectivity index (χ4v) is 2.01. The Kier molecular flexibility index (Phi) is 1.87. The second-order valence-electron chi connectivity index (χ2n) is 3.70. The molecular weight excluding hydrogens is 140 g/mol. The first kappa shape index (κ1) is 7.53. The monoisotopic (exact) mass is 156 g/mol. The van der Waals surface area contributed by atoms with Gasteiger partial charge in [-0.05, 0) is 20.0 Å². The maximum Gasteiger partial charge on any atom is 0.0944 e. The van der Waals surface area contributed by atoms with Crippen molar-refractivity contribution in [2.24, 2.45) is 0 Å². The Morgan fingerprint density at radius 2 is 2.45 bits per heavy atom. The summed E-state index contributed by atoms with van der Waals surface area (Å²) in [5.74, 6) is 0. The molecule has 0 unspecified atom stereocenters. The molecule has 0 amide bonds. The van der Waals surface area contributed by atoms with Gasteiger partial charge >= 0.3 is 0 Å². The standard InChI is InChI=1S/C8H16N2O/c1-10-4-5-11-8(7-10)2-3-9-6-8/h9H,2-7H2,1H3/t8-/m0/s1. The average molecular weight is 156 g/mol. The minimum atomic E-state index is 0.160. The lowest BCUT2D eigenvalue weighted by molar-refractivity contribution is -0.0896. The molecule has 0 radical (unpaired) electrons. The lowest BCUT2D eigenvalue weighted by atomic mass is 10.0. The Balaban J connectivity index is 2.00. The third kappa shape index (κ3) is 1.41. The van der Waals surface area contributed by atoms with Gasteiger partial charge in [0.05, 0.1) is 12.2 Å². The highest BCUT2D eigenvalue weighted by Crippen LogP contribution is 2.23. The zero-order chi connectivity index (χ0) is 7.73. The summed E-state index contributed by atoms with van der Waals surface area (Å²) >= 11 is 0. The van der Waals surface area contributed by atoms with Crippen LogP contribution in [0, 0.1) is 0 Å². The number of ether oxygens (including phenoxy) is 1. The van der Waals surface area contributed by atoms with E-state index < -0.39 is 0 Å². The van der Waals surface area contributed by atoms with Crippen molar-refractivity contribution in [1.29, 1.82) is 0 Å². The van der Waals surface area contributed by atoms with Gasteiger partial charge in [-0.3, -0.25) is 0 Å². The molecule has 2 aliphatic rings. The molecule has 2 aliphatic heterocycles. The predicted molar refractivity (Wildman–Crippen MR) is 43.7 cm³/mol. The second kappa shape index (κ2) is 2.73. The van der Waals surface area contributed by atoms with Crippen LogP contribution in [0.3, 0.4) is 0 Å². The van der Waals surface area contributed by atoms with E-state index in [-0.39, 0.29) is 5.60 Å². The van der Waals surface area contributed by atoms with Crippen LogP contribution < -0.4 is 5.32 Å². The van der Waals surface area contributed by atoms with E-state index in [2.05, 4.69) is 17.3 Å². The fraction of sp³-hybridized carbons (Fsp3) is 1.00. The normalized spacial score (nSPS) is 40.1. The van der Waals surface area contributed by atoms with Gasteiger partial charge in [0.15, 0.2) is 0 Å². The largest absolute Gasteiger partial charge is 0.371 e. The van der Waals surface area contributed by atoms with Gasteiger partial charge in [-0.2, -0.15) is 0 Å². The quantitative estimate of drug-likeness (QED) is 0.520. The highest BCUT2D eigenvalue weighted by molar-refractivity contribution is 4.94. The first-order valence-electron chi connectivity index (χ1n) is 4.34. The number of rotatable bonds is 0. The van der Waals surface area contributed by atoms with E-state index in [1.807, 2.05) is 0 Å². The third-order valence-corrected chi connectivity index (χ3v) is 2.64. The van der Waals surface area contributed by atoms with Crippen molar-refractivity contribution >= 4 is 0 Å². The van der Waals surface area contributed by atoms with Crippen LogP contribution in [-0.4, -0.2) is 50.3 Å². The zero-order valence-electron chi connectivity index (χ0n) is 7.10. The molecule has 0 saturated carbocycles. The maximum absolute atomic E-state index is 5.79. The van der Waals surface area contributed by atoms with E-state index >= 15 is 0 Å². The Labute approximate surface area is 67.7 Å². The number of morpholine rings is 1. The van der Waals surface area contributed by atoms with E-state index in [0.717, 1.165) is 32.8 Å². The molecule has 2 heterocycles. The van der Waals surface area contributed by atoms with Crippen molar-refractivity contribution in [1.82, 2.24) is 10.2 Å². The van der Waals surface area contributed by atoms with Gasteiger partial charge in [0.25, 0.3) is 0 Å². The Morgan fingerprint density at radius 1 is 1.55 bits per heavy atom. The highest BCUT2D eigenvalue weighted by Gasteiger charge is 2.37. The third-order valence-electron chi connectivity index (χ3n) is 2.64. The minimum Gasteiger partial charge on any atom is -0.371 e. The van der Waals surface area contributed by atoms with Crippen LogP contribution in [0.2, 0.25) is 0 Å². The molecule has 2 saturated heterocycles. The van der Waals surface area contributed by atoms with Crippen LogP contribution in [0.4, 0.5) is 0 Å². The van der Waals surface area contributed by atoms with Gasteiger partial charge in [0.1, 0.15) is 0 Å². The summed E-state index contributed by atoms with van der Waals surface area (Å²) in [5, 5.41) is 3.35. The molecule has 0 aromatic carbocycles. The molecule has 11 heavy (non-hydrogen) atoms. The minimum absolute atomic E-state index is 0.160. The van der Waals surface area contributed by atoms with Crippen molar-refractivity contribution in [3.63, 3.8) is 0 Å². The second-order valence-corrected chi connectivity index (χ2v) is 3.70. The number of nitrogens with zero attached hydrogens (tertiary/aromatic N) is 1. The molecule has 1 N–H and O–H groups in total. The van der Waals surface area contributed by atoms with Crippen molar-refractivity contribution < 1.29 is 4.74 Å². The molecule has 1 spiro atoms. The average Bonchev–Trinajstić information content (AvgIpc) is 2.37. The van der Waals surface area contributed by atoms with Crippen LogP contribution in [0.15, 0.2) is 0 Å². The summed E-state index contributed by atoms with van der Waals surface area (Å²) in [5.41, 5.74) is 0.160. The van der Waals surface area contributed by atoms with E-state index in [1.54, 1.807) is 0 Å². The van der Waals surface area contributed by atoms with Gasteiger partial charge in [-0.1, -0.05) is 0 Å². The van der Waals surface area contributed by atoms with Gasteiger partial charge in [-0.25, -0.2) is 0 Å². The van der Waals surface area contributed by atoms with Gasteiger partial charge in [-0.15, -0.1) is 0 Å². The molecule has 3 nitrogen and oxygen atoms in total. The van der Waals surface area contributed by atoms with Crippen molar-refractivity contribution in [2.75, 3.05) is 39.8 Å². The topological polar surface area (TPSA) is 24.5 Å². The lowest BCUT2D eigenvalue weighted by Gasteiger charge is -2.38. The Bertz CT molecular complexity index is 143. The summed E-state index contributed by atoms with van der Waals surface area (Å²) in [6, 6.07) is 0. The Hall–Kier alpha value is -0.120. The fourth-order valence-electron chi connectivity index (χ4n) is 2.01. The number of likely N-dealkylation sites (N-methyl/N-ethyl adjacent to an activating group) is 1. The van der Waals surface area contributed by atoms with E-state index in [1.165, 1.54) is 6.42 Å². The van der Waals surface area contributed by atoms with Gasteiger partial charge < -0.3 is 15.0 Å². The van der Waals surface area contributed by atoms with Crippen molar-refractivity contribution in [2.45, 2.75) is 12.0 Å². The van der Waals surface area contributed by atoms with Crippen LogP contribution in [0.25, 0.3) is 0 Å². The Morgan fingerprint density at radius 3 is 3.09 bits per heavy atom. The van der Waals surface area contributed by atoms with Crippen LogP contribution >= 0.6 is 0 Å². The van der Waals surface area contributed by atoms with Crippen LogP contribution in [0.1, 0.15) is 6.42 Å². The van der Waals surface area contributed by atoms with Crippen LogP contribution in [-0.2, 0) is 4.74 Å². The van der Waals surface area contributed by atoms with E-state index in [0.29, 0.717) is 0 Å². The molecule has 2 rings (SSSR count). The molecule has 64 valence electrons. The summed E-state index contributed by atoms with van der Waals surface area (Å²) in [6.45, 7) is 5.24. The molecule has 3 heteroatoms. The van der Waals surface area contributed by atoms with Gasteiger partial charge in [0, 0.05) is 19.6 Å². The summed E-state index contributed by atoms with van der Waals surface area (Å²) < 4.78 is 5.79. The van der Waals surface area contributed by atoms with E-state index in [9.17, 15) is 0 Å². The lowest BCUT2D eigenvalue weighted by Crippen LogP contribution is -2.51. The number of hydrogen-bond acceptors (Lipinski definition) is 3. The van der Waals surface area contributed by atoms with Crippen molar-refractivity contribution in [3.05, 3.63) is 0 Å². The van der Waals surface area contributed by atoms with Gasteiger partial charge in [0.2, 0.25) is 0 Å². The summed E-state index contributed by atoms with van der Waals surface area (Å²) in [6.07, 6.45) is 1.18. The summed E-state index contributed by atoms with van der Waals surface area (Å²) in [4.78, 5) is 2.36. The number of nitrogens with one attached hydrogen (secondary N) is 1. The molecule has 0 aromatic heterocycles. The first-order chi connectivity index (χ1) is 5.31.